The second-order valence-corrected chi connectivity index (χ2v) is 5.35. The van der Waals surface area contributed by atoms with Gasteiger partial charge < -0.3 is 19.7 Å². The first-order chi connectivity index (χ1) is 10.5. The van der Waals surface area contributed by atoms with Crippen molar-refractivity contribution in [2.75, 3.05) is 32.1 Å². The summed E-state index contributed by atoms with van der Waals surface area (Å²) in [5, 5.41) is 3.36. The average Bonchev–Trinajstić information content (AvgIpc) is 2.51. The van der Waals surface area contributed by atoms with Crippen LogP contribution in [0.2, 0.25) is 10.0 Å². The molecule has 22 heavy (non-hydrogen) atoms. The molecule has 0 unspecified atom stereocenters. The number of amides is 2. The maximum absolute atomic E-state index is 12.0. The van der Waals surface area contributed by atoms with Gasteiger partial charge in [-0.15, -0.1) is 0 Å². The molecule has 6 nitrogen and oxygen atoms in total. The number of halogens is 2. The van der Waals surface area contributed by atoms with Crippen molar-refractivity contribution >= 4 is 40.7 Å². The number of carbonyl (C=O) groups is 2. The molecular formula is C14H14Cl2N2O4. The molecule has 8 heteroatoms. The second-order valence-electron chi connectivity index (χ2n) is 4.54. The highest BCUT2D eigenvalue weighted by molar-refractivity contribution is 6.42. The van der Waals surface area contributed by atoms with Crippen LogP contribution in [0, 0.1) is 0 Å². The molecule has 1 aromatic rings. The van der Waals surface area contributed by atoms with Gasteiger partial charge in [0.05, 0.1) is 16.6 Å². The van der Waals surface area contributed by atoms with Gasteiger partial charge in [-0.05, 0) is 18.2 Å². The van der Waals surface area contributed by atoms with Crippen molar-refractivity contribution in [3.05, 3.63) is 40.3 Å². The number of benzene rings is 1. The lowest BCUT2D eigenvalue weighted by atomic mass is 10.3. The zero-order valence-electron chi connectivity index (χ0n) is 11.8. The molecule has 0 aromatic heterocycles. The number of rotatable bonds is 4. The van der Waals surface area contributed by atoms with Crippen LogP contribution in [0.4, 0.5) is 5.69 Å². The zero-order chi connectivity index (χ0) is 16.1. The summed E-state index contributed by atoms with van der Waals surface area (Å²) >= 11 is 11.7. The Morgan fingerprint density at radius 1 is 1.27 bits per heavy atom. The van der Waals surface area contributed by atoms with E-state index in [0.717, 1.165) is 0 Å². The van der Waals surface area contributed by atoms with Gasteiger partial charge in [0, 0.05) is 12.7 Å². The van der Waals surface area contributed by atoms with Crippen molar-refractivity contribution in [3.8, 4) is 0 Å². The number of nitrogens with zero attached hydrogens (tertiary/aromatic N) is 1. The number of hydrogen-bond acceptors (Lipinski definition) is 4. The molecule has 0 atom stereocenters. The molecule has 0 radical (unpaired) electrons. The fourth-order valence-electron chi connectivity index (χ4n) is 1.73. The molecule has 1 aliphatic rings. The first-order valence-corrected chi connectivity index (χ1v) is 7.18. The van der Waals surface area contributed by atoms with Crippen LogP contribution in [0.5, 0.6) is 0 Å². The first-order valence-electron chi connectivity index (χ1n) is 6.42. The fraction of sp³-hybridized carbons (Fsp3) is 0.286. The van der Waals surface area contributed by atoms with Gasteiger partial charge in [-0.25, -0.2) is 0 Å². The molecule has 1 heterocycles. The Labute approximate surface area is 137 Å². The van der Waals surface area contributed by atoms with Crippen molar-refractivity contribution in [1.82, 2.24) is 4.90 Å². The van der Waals surface area contributed by atoms with Gasteiger partial charge in [0.1, 0.15) is 19.5 Å². The summed E-state index contributed by atoms with van der Waals surface area (Å²) in [5.41, 5.74) is 0.497. The third kappa shape index (κ3) is 4.29. The minimum absolute atomic E-state index is 0.0797. The largest absolute Gasteiger partial charge is 0.494 e. The Bertz CT molecular complexity index is 619. The second kappa shape index (κ2) is 7.38. The third-order valence-corrected chi connectivity index (χ3v) is 3.53. The minimum Gasteiger partial charge on any atom is -0.494 e. The normalized spacial score (nSPS) is 13.5. The van der Waals surface area contributed by atoms with E-state index < -0.39 is 5.91 Å². The van der Waals surface area contributed by atoms with Crippen molar-refractivity contribution in [2.45, 2.75) is 0 Å². The van der Waals surface area contributed by atoms with Gasteiger partial charge in [-0.2, -0.15) is 0 Å². The Morgan fingerprint density at radius 2 is 2.05 bits per heavy atom. The van der Waals surface area contributed by atoms with Crippen LogP contribution in [0.15, 0.2) is 30.2 Å². The van der Waals surface area contributed by atoms with Crippen LogP contribution in [0.3, 0.4) is 0 Å². The summed E-state index contributed by atoms with van der Waals surface area (Å²) in [7, 11) is 1.50. The van der Waals surface area contributed by atoms with E-state index in [1.165, 1.54) is 24.3 Å². The summed E-state index contributed by atoms with van der Waals surface area (Å²) in [6.45, 7) is 0.568. The third-order valence-electron chi connectivity index (χ3n) is 2.79. The predicted octanol–water partition coefficient (Wildman–Crippen LogP) is 2.28. The number of anilines is 1. The Kier molecular flexibility index (Phi) is 5.51. The van der Waals surface area contributed by atoms with Gasteiger partial charge >= 0.3 is 0 Å². The molecule has 0 fully saturated rings. The number of carbonyl (C=O) groups excluding carboxylic acids is 2. The maximum atomic E-state index is 12.0. The molecule has 1 N–H and O–H groups in total. The van der Waals surface area contributed by atoms with E-state index in [1.54, 1.807) is 12.1 Å². The molecule has 0 saturated heterocycles. The van der Waals surface area contributed by atoms with Crippen LogP contribution in [0.25, 0.3) is 0 Å². The standard InChI is InChI=1S/C14H14Cl2N2O4/c1-18(14(20)12-8-21-4-5-22-12)7-13(19)17-9-2-3-10(15)11(16)6-9/h2-3,6,8H,4-5,7H2,1H3,(H,17,19). The lowest BCUT2D eigenvalue weighted by Gasteiger charge is -2.20. The topological polar surface area (TPSA) is 67.9 Å². The van der Waals surface area contributed by atoms with Gasteiger partial charge in [-0.1, -0.05) is 23.2 Å². The van der Waals surface area contributed by atoms with Crippen molar-refractivity contribution < 1.29 is 19.1 Å². The van der Waals surface area contributed by atoms with E-state index >= 15 is 0 Å². The molecule has 2 rings (SSSR count). The number of nitrogens with one attached hydrogen (secondary N) is 1. The molecule has 0 bridgehead atoms. The maximum Gasteiger partial charge on any atom is 0.292 e. The molecule has 1 aromatic carbocycles. The van der Waals surface area contributed by atoms with Crippen LogP contribution in [-0.4, -0.2) is 43.5 Å². The van der Waals surface area contributed by atoms with Crippen LogP contribution in [-0.2, 0) is 19.1 Å². The van der Waals surface area contributed by atoms with E-state index in [0.29, 0.717) is 28.9 Å². The number of likely N-dealkylation sites (N-methyl/N-ethyl adjacent to an activating group) is 1. The molecule has 1 aliphatic heterocycles. The van der Waals surface area contributed by atoms with E-state index in [9.17, 15) is 9.59 Å². The summed E-state index contributed by atoms with van der Waals surface area (Å²) in [4.78, 5) is 25.2. The Balaban J connectivity index is 1.91. The molecule has 2 amide bonds. The number of ether oxygens (including phenoxy) is 2. The highest BCUT2D eigenvalue weighted by Gasteiger charge is 2.21. The SMILES string of the molecule is CN(CC(=O)Nc1ccc(Cl)c(Cl)c1)C(=O)C1=COCCO1. The highest BCUT2D eigenvalue weighted by Crippen LogP contribution is 2.24. The van der Waals surface area contributed by atoms with Gasteiger partial charge in [-0.3, -0.25) is 9.59 Å². The van der Waals surface area contributed by atoms with Gasteiger partial charge in [0.2, 0.25) is 11.7 Å². The monoisotopic (exact) mass is 344 g/mol. The molecule has 118 valence electrons. The Morgan fingerprint density at radius 3 is 2.68 bits per heavy atom. The summed E-state index contributed by atoms with van der Waals surface area (Å²) < 4.78 is 10.2. The van der Waals surface area contributed by atoms with E-state index in [1.807, 2.05) is 0 Å². The molecule has 0 aliphatic carbocycles. The van der Waals surface area contributed by atoms with Crippen molar-refractivity contribution in [2.24, 2.45) is 0 Å². The lowest BCUT2D eigenvalue weighted by molar-refractivity contribution is -0.134. The quantitative estimate of drug-likeness (QED) is 0.909. The smallest absolute Gasteiger partial charge is 0.292 e. The summed E-state index contributed by atoms with van der Waals surface area (Å²) in [6, 6.07) is 4.73. The average molecular weight is 345 g/mol. The molecule has 0 saturated carbocycles. The van der Waals surface area contributed by atoms with Crippen molar-refractivity contribution in [3.63, 3.8) is 0 Å². The first kappa shape index (κ1) is 16.5. The molecule has 0 spiro atoms. The van der Waals surface area contributed by atoms with E-state index in [2.05, 4.69) is 5.32 Å². The zero-order valence-corrected chi connectivity index (χ0v) is 13.3. The van der Waals surface area contributed by atoms with Crippen LogP contribution in [0.1, 0.15) is 0 Å². The van der Waals surface area contributed by atoms with Gasteiger partial charge in [0.25, 0.3) is 5.91 Å². The fourth-order valence-corrected chi connectivity index (χ4v) is 2.03. The van der Waals surface area contributed by atoms with Crippen LogP contribution < -0.4 is 5.32 Å². The Hall–Kier alpha value is -1.92. The van der Waals surface area contributed by atoms with Gasteiger partial charge in [0.15, 0.2) is 0 Å². The summed E-state index contributed by atoms with van der Waals surface area (Å²) in [6.07, 6.45) is 1.25. The van der Waals surface area contributed by atoms with Crippen LogP contribution >= 0.6 is 23.2 Å². The number of hydrogen-bond donors (Lipinski definition) is 1. The lowest BCUT2D eigenvalue weighted by Crippen LogP contribution is -2.37. The predicted molar refractivity (Wildman–Crippen MR) is 82.7 cm³/mol. The molecular weight excluding hydrogens is 331 g/mol. The van der Waals surface area contributed by atoms with Crippen molar-refractivity contribution in [1.29, 1.82) is 0 Å². The minimum atomic E-state index is -0.427. The van der Waals surface area contributed by atoms with E-state index in [-0.39, 0.29) is 18.2 Å². The summed E-state index contributed by atoms with van der Waals surface area (Å²) in [5.74, 6) is -0.716. The van der Waals surface area contributed by atoms with E-state index in [4.69, 9.17) is 32.7 Å². The highest BCUT2D eigenvalue weighted by atomic mass is 35.5.